The summed E-state index contributed by atoms with van der Waals surface area (Å²) >= 11 is 6.19. The summed E-state index contributed by atoms with van der Waals surface area (Å²) in [5.74, 6) is 2.06. The zero-order valence-corrected chi connectivity index (χ0v) is 15.6. The fraction of sp³-hybridized carbons (Fsp3) is 0.474. The Bertz CT molecular complexity index is 810. The molecule has 26 heavy (non-hydrogen) atoms. The van der Waals surface area contributed by atoms with Crippen LogP contribution in [0, 0.1) is 5.41 Å². The van der Waals surface area contributed by atoms with Crippen LogP contribution in [-0.2, 0) is 13.2 Å². The third-order valence-corrected chi connectivity index (χ3v) is 5.67. The van der Waals surface area contributed by atoms with Gasteiger partial charge in [-0.25, -0.2) is 4.98 Å². The lowest BCUT2D eigenvalue weighted by Crippen LogP contribution is -2.23. The molecule has 1 aliphatic carbocycles. The van der Waals surface area contributed by atoms with Crippen LogP contribution < -0.4 is 15.0 Å². The highest BCUT2D eigenvalue weighted by molar-refractivity contribution is 6.32. The molecular formula is C19H23ClN4O2. The molecule has 2 aromatic rings. The van der Waals surface area contributed by atoms with Crippen LogP contribution in [0.4, 0.5) is 11.8 Å². The van der Waals surface area contributed by atoms with Crippen molar-refractivity contribution in [2.24, 2.45) is 5.41 Å². The summed E-state index contributed by atoms with van der Waals surface area (Å²) < 4.78 is 5.18. The number of ether oxygens (including phenoxy) is 1. The average Bonchev–Trinajstić information content (AvgIpc) is 3.28. The predicted molar refractivity (Wildman–Crippen MR) is 102 cm³/mol. The van der Waals surface area contributed by atoms with Gasteiger partial charge in [-0.05, 0) is 42.4 Å². The van der Waals surface area contributed by atoms with Gasteiger partial charge in [0, 0.05) is 31.4 Å². The topological polar surface area (TPSA) is 70.5 Å². The number of hydrogen-bond acceptors (Lipinski definition) is 6. The molecule has 7 heteroatoms. The molecule has 1 aliphatic heterocycles. The highest BCUT2D eigenvalue weighted by atomic mass is 35.5. The molecule has 2 N–H and O–H groups in total. The number of nitrogens with one attached hydrogen (secondary N) is 1. The van der Waals surface area contributed by atoms with Gasteiger partial charge in [-0.1, -0.05) is 17.7 Å². The van der Waals surface area contributed by atoms with Crippen LogP contribution in [0.2, 0.25) is 5.02 Å². The Morgan fingerprint density at radius 1 is 1.35 bits per heavy atom. The van der Waals surface area contributed by atoms with Gasteiger partial charge in [-0.15, -0.1) is 0 Å². The van der Waals surface area contributed by atoms with E-state index in [2.05, 4.69) is 20.2 Å². The summed E-state index contributed by atoms with van der Waals surface area (Å²) in [6.45, 7) is 2.50. The van der Waals surface area contributed by atoms with Crippen molar-refractivity contribution in [3.63, 3.8) is 0 Å². The summed E-state index contributed by atoms with van der Waals surface area (Å²) in [5, 5.41) is 13.5. The van der Waals surface area contributed by atoms with Gasteiger partial charge < -0.3 is 20.1 Å². The monoisotopic (exact) mass is 374 g/mol. The molecule has 0 amide bonds. The van der Waals surface area contributed by atoms with E-state index in [1.54, 1.807) is 13.3 Å². The molecule has 1 saturated carbocycles. The van der Waals surface area contributed by atoms with Crippen molar-refractivity contribution in [2.45, 2.75) is 32.4 Å². The smallest absolute Gasteiger partial charge is 0.227 e. The summed E-state index contributed by atoms with van der Waals surface area (Å²) in [7, 11) is 1.60. The molecule has 1 spiro atoms. The molecule has 2 fully saturated rings. The Kier molecular flexibility index (Phi) is 4.63. The first-order valence-corrected chi connectivity index (χ1v) is 9.28. The van der Waals surface area contributed by atoms with Gasteiger partial charge in [-0.2, -0.15) is 4.98 Å². The van der Waals surface area contributed by atoms with Crippen LogP contribution in [0.15, 0.2) is 24.4 Å². The summed E-state index contributed by atoms with van der Waals surface area (Å²) in [6, 6.07) is 5.66. The van der Waals surface area contributed by atoms with Gasteiger partial charge in [0.2, 0.25) is 5.95 Å². The summed E-state index contributed by atoms with van der Waals surface area (Å²) in [6.07, 6.45) is 5.58. The fourth-order valence-corrected chi connectivity index (χ4v) is 3.80. The minimum absolute atomic E-state index is 0.101. The zero-order valence-electron chi connectivity index (χ0n) is 14.8. The lowest BCUT2D eigenvalue weighted by molar-refractivity contribution is 0.281. The van der Waals surface area contributed by atoms with Crippen LogP contribution in [0.5, 0.6) is 5.75 Å². The second-order valence-corrected chi connectivity index (χ2v) is 7.60. The van der Waals surface area contributed by atoms with Crippen LogP contribution in [0.1, 0.15) is 30.4 Å². The number of benzene rings is 1. The number of nitrogens with zero attached hydrogens (tertiary/aromatic N) is 3. The Hall–Kier alpha value is -2.05. The Morgan fingerprint density at radius 3 is 2.85 bits per heavy atom. The van der Waals surface area contributed by atoms with Crippen molar-refractivity contribution in [1.29, 1.82) is 0 Å². The highest BCUT2D eigenvalue weighted by Crippen LogP contribution is 2.53. The number of rotatable bonds is 6. The van der Waals surface area contributed by atoms with Gasteiger partial charge in [-0.3, -0.25) is 0 Å². The Morgan fingerprint density at radius 2 is 2.19 bits per heavy atom. The largest absolute Gasteiger partial charge is 0.495 e. The maximum absolute atomic E-state index is 9.61. The summed E-state index contributed by atoms with van der Waals surface area (Å²) in [4.78, 5) is 11.4. The maximum atomic E-state index is 9.61. The Labute approximate surface area is 158 Å². The van der Waals surface area contributed by atoms with Crippen molar-refractivity contribution in [2.75, 3.05) is 30.4 Å². The molecule has 0 radical (unpaired) electrons. The minimum atomic E-state index is -0.101. The maximum Gasteiger partial charge on any atom is 0.227 e. The van der Waals surface area contributed by atoms with Crippen molar-refractivity contribution in [1.82, 2.24) is 9.97 Å². The number of halogens is 1. The van der Waals surface area contributed by atoms with Gasteiger partial charge in [0.15, 0.2) is 0 Å². The fourth-order valence-electron chi connectivity index (χ4n) is 3.51. The van der Waals surface area contributed by atoms with E-state index in [9.17, 15) is 5.11 Å². The standard InChI is InChI=1S/C19H23ClN4O2/c1-26-16-3-2-13(8-15(16)20)9-21-17-14(11-25)10-22-18(23-17)24-7-6-19(12-24)4-5-19/h2-3,8,10,25H,4-7,9,11-12H2,1H3,(H,21,22,23). The number of hydrogen-bond donors (Lipinski definition) is 2. The quantitative estimate of drug-likeness (QED) is 0.808. The predicted octanol–water partition coefficient (Wildman–Crippen LogP) is 3.23. The number of aliphatic hydroxyl groups is 1. The molecule has 1 aromatic carbocycles. The van der Waals surface area contributed by atoms with E-state index < -0.39 is 0 Å². The number of anilines is 2. The molecule has 2 aliphatic rings. The second kappa shape index (κ2) is 6.93. The molecule has 138 valence electrons. The molecular weight excluding hydrogens is 352 g/mol. The molecule has 0 bridgehead atoms. The van der Waals surface area contributed by atoms with Gasteiger partial charge >= 0.3 is 0 Å². The van der Waals surface area contributed by atoms with Crippen LogP contribution in [0.25, 0.3) is 0 Å². The van der Waals surface area contributed by atoms with Crippen molar-refractivity contribution in [3.8, 4) is 5.75 Å². The zero-order chi connectivity index (χ0) is 18.1. The number of methoxy groups -OCH3 is 1. The molecule has 0 unspecified atom stereocenters. The number of aromatic nitrogens is 2. The Balaban J connectivity index is 1.49. The third-order valence-electron chi connectivity index (χ3n) is 5.38. The highest BCUT2D eigenvalue weighted by Gasteiger charge is 2.48. The van der Waals surface area contributed by atoms with Gasteiger partial charge in [0.1, 0.15) is 11.6 Å². The van der Waals surface area contributed by atoms with Crippen molar-refractivity contribution < 1.29 is 9.84 Å². The lowest BCUT2D eigenvalue weighted by Gasteiger charge is -2.18. The van der Waals surface area contributed by atoms with E-state index in [1.165, 1.54) is 19.3 Å². The van der Waals surface area contributed by atoms with E-state index in [0.717, 1.165) is 24.6 Å². The second-order valence-electron chi connectivity index (χ2n) is 7.20. The molecule has 4 rings (SSSR count). The molecule has 2 heterocycles. The molecule has 6 nitrogen and oxygen atoms in total. The van der Waals surface area contributed by atoms with Crippen LogP contribution in [0.3, 0.4) is 0 Å². The molecule has 0 atom stereocenters. The third kappa shape index (κ3) is 3.44. The normalized spacial score (nSPS) is 17.6. The van der Waals surface area contributed by atoms with E-state index in [0.29, 0.717) is 34.1 Å². The first-order valence-electron chi connectivity index (χ1n) is 8.90. The first-order chi connectivity index (χ1) is 12.6. The minimum Gasteiger partial charge on any atom is -0.495 e. The SMILES string of the molecule is COc1ccc(CNc2nc(N3CCC4(CC4)C3)ncc2CO)cc1Cl. The van der Waals surface area contributed by atoms with Crippen LogP contribution in [-0.4, -0.2) is 35.3 Å². The van der Waals surface area contributed by atoms with Crippen molar-refractivity contribution in [3.05, 3.63) is 40.5 Å². The number of aliphatic hydroxyl groups excluding tert-OH is 1. The molecule has 1 aromatic heterocycles. The van der Waals surface area contributed by atoms with E-state index in [-0.39, 0.29) is 6.61 Å². The molecule has 1 saturated heterocycles. The summed E-state index contributed by atoms with van der Waals surface area (Å²) in [5.41, 5.74) is 2.22. The first kappa shape index (κ1) is 17.4. The van der Waals surface area contributed by atoms with E-state index in [1.807, 2.05) is 18.2 Å². The van der Waals surface area contributed by atoms with Crippen LogP contribution >= 0.6 is 11.6 Å². The van der Waals surface area contributed by atoms with E-state index >= 15 is 0 Å². The van der Waals surface area contributed by atoms with Crippen molar-refractivity contribution >= 4 is 23.4 Å². The average molecular weight is 375 g/mol. The lowest BCUT2D eigenvalue weighted by atomic mass is 10.1. The van der Waals surface area contributed by atoms with E-state index in [4.69, 9.17) is 16.3 Å². The van der Waals surface area contributed by atoms with Gasteiger partial charge in [0.05, 0.1) is 18.7 Å². The van der Waals surface area contributed by atoms with Gasteiger partial charge in [0.25, 0.3) is 0 Å².